The average Bonchev–Trinajstić information content (AvgIpc) is 2.46. The maximum atomic E-state index is 11.8. The van der Waals surface area contributed by atoms with Crippen molar-refractivity contribution in [2.45, 2.75) is 13.0 Å². The first-order chi connectivity index (χ1) is 9.56. The van der Waals surface area contributed by atoms with E-state index in [1.54, 1.807) is 44.3 Å². The Labute approximate surface area is 115 Å². The Bertz CT molecular complexity index is 652. The summed E-state index contributed by atoms with van der Waals surface area (Å²) in [5.41, 5.74) is 3.54. The summed E-state index contributed by atoms with van der Waals surface area (Å²) in [7, 11) is 1.68. The predicted molar refractivity (Wildman–Crippen MR) is 72.2 cm³/mol. The van der Waals surface area contributed by atoms with E-state index >= 15 is 0 Å². The van der Waals surface area contributed by atoms with Gasteiger partial charge in [0.1, 0.15) is 17.9 Å². The lowest BCUT2D eigenvalue weighted by Gasteiger charge is -2.30. The number of hydrogen-bond acceptors (Lipinski definition) is 6. The van der Waals surface area contributed by atoms with Crippen LogP contribution in [0.5, 0.6) is 5.75 Å². The highest BCUT2D eigenvalue weighted by molar-refractivity contribution is 6.10. The number of carbonyl (C=O) groups excluding carboxylic acids is 1. The van der Waals surface area contributed by atoms with Crippen molar-refractivity contribution in [1.29, 1.82) is 10.5 Å². The number of benzene rings is 1. The van der Waals surface area contributed by atoms with Crippen LogP contribution < -0.4 is 15.1 Å². The van der Waals surface area contributed by atoms with Crippen LogP contribution in [0.3, 0.4) is 0 Å². The fourth-order valence-electron chi connectivity index (χ4n) is 1.78. The second-order valence-electron chi connectivity index (χ2n) is 4.14. The monoisotopic (exact) mass is 269 g/mol. The Morgan fingerprint density at radius 1 is 1.45 bits per heavy atom. The number of nitriles is 2. The lowest BCUT2D eigenvalue weighted by atomic mass is 10.2. The zero-order valence-corrected chi connectivity index (χ0v) is 10.9. The smallest absolute Gasteiger partial charge is 0.267 e. The number of anilines is 2. The number of fused-ring (bicyclic) bond motifs is 1. The van der Waals surface area contributed by atoms with Gasteiger partial charge in [0.2, 0.25) is 5.71 Å². The zero-order chi connectivity index (χ0) is 14.7. The van der Waals surface area contributed by atoms with Crippen molar-refractivity contribution < 1.29 is 9.53 Å². The van der Waals surface area contributed by atoms with Gasteiger partial charge in [-0.25, -0.2) is 0 Å². The number of ether oxygens (including phenoxy) is 1. The molecule has 1 aliphatic rings. The largest absolute Gasteiger partial charge is 0.479 e. The molecule has 0 aromatic heterocycles. The summed E-state index contributed by atoms with van der Waals surface area (Å²) in [5.74, 6) is 0.419. The van der Waals surface area contributed by atoms with Gasteiger partial charge in [0.25, 0.3) is 5.91 Å². The van der Waals surface area contributed by atoms with Gasteiger partial charge in [0.05, 0.1) is 11.4 Å². The Balaban J connectivity index is 2.28. The highest BCUT2D eigenvalue weighted by atomic mass is 16.5. The van der Waals surface area contributed by atoms with Crippen molar-refractivity contribution >= 4 is 23.0 Å². The topological polar surface area (TPSA) is 102 Å². The van der Waals surface area contributed by atoms with Crippen molar-refractivity contribution in [3.05, 3.63) is 18.2 Å². The van der Waals surface area contributed by atoms with Gasteiger partial charge in [-0.05, 0) is 19.1 Å². The molecule has 7 heteroatoms. The minimum Gasteiger partial charge on any atom is -0.479 e. The van der Waals surface area contributed by atoms with Crippen LogP contribution in [-0.4, -0.2) is 24.8 Å². The number of nitrogens with one attached hydrogen (secondary N) is 1. The summed E-state index contributed by atoms with van der Waals surface area (Å²) in [6, 6.07) is 8.33. The first-order valence-electron chi connectivity index (χ1n) is 5.79. The molecule has 0 aliphatic carbocycles. The van der Waals surface area contributed by atoms with E-state index in [1.165, 1.54) is 4.90 Å². The van der Waals surface area contributed by atoms with E-state index in [2.05, 4.69) is 10.5 Å². The molecule has 100 valence electrons. The van der Waals surface area contributed by atoms with Crippen LogP contribution in [0, 0.1) is 22.7 Å². The Kier molecular flexibility index (Phi) is 3.54. The van der Waals surface area contributed by atoms with Gasteiger partial charge in [0, 0.05) is 13.1 Å². The second kappa shape index (κ2) is 5.29. The highest BCUT2D eigenvalue weighted by Gasteiger charge is 2.28. The Morgan fingerprint density at radius 2 is 2.15 bits per heavy atom. The van der Waals surface area contributed by atoms with E-state index in [0.717, 1.165) is 0 Å². The first kappa shape index (κ1) is 13.4. The Hall–Kier alpha value is -3.06. The lowest BCUT2D eigenvalue weighted by Crippen LogP contribution is -2.41. The summed E-state index contributed by atoms with van der Waals surface area (Å²) in [6.45, 7) is 1.67. The normalized spacial score (nSPS) is 16.3. The molecule has 0 radical (unpaired) electrons. The van der Waals surface area contributed by atoms with Crippen LogP contribution in [0.25, 0.3) is 0 Å². The SMILES string of the molecule is CC1Oc2cc(NN=C(C#N)C#N)ccc2N(C)C1=O. The maximum Gasteiger partial charge on any atom is 0.267 e. The van der Waals surface area contributed by atoms with Gasteiger partial charge in [0.15, 0.2) is 6.10 Å². The molecule has 20 heavy (non-hydrogen) atoms. The van der Waals surface area contributed by atoms with Gasteiger partial charge in [-0.1, -0.05) is 0 Å². The molecule has 1 unspecified atom stereocenters. The number of rotatable bonds is 2. The first-order valence-corrected chi connectivity index (χ1v) is 5.79. The van der Waals surface area contributed by atoms with E-state index in [9.17, 15) is 4.79 Å². The van der Waals surface area contributed by atoms with Crippen LogP contribution in [0.15, 0.2) is 23.3 Å². The quantitative estimate of drug-likeness (QED) is 0.643. The number of carbonyl (C=O) groups is 1. The highest BCUT2D eigenvalue weighted by Crippen LogP contribution is 2.35. The number of hydrazone groups is 1. The van der Waals surface area contributed by atoms with Gasteiger partial charge in [-0.15, -0.1) is 0 Å². The molecular formula is C13H11N5O2. The van der Waals surface area contributed by atoms with E-state index in [4.69, 9.17) is 15.3 Å². The molecule has 0 saturated heterocycles. The predicted octanol–water partition coefficient (Wildman–Crippen LogP) is 1.25. The van der Waals surface area contributed by atoms with Crippen LogP contribution in [0.1, 0.15) is 6.92 Å². The van der Waals surface area contributed by atoms with Crippen molar-refractivity contribution in [3.63, 3.8) is 0 Å². The van der Waals surface area contributed by atoms with Gasteiger partial charge in [-0.2, -0.15) is 15.6 Å². The minimum absolute atomic E-state index is 0.118. The molecule has 1 aliphatic heterocycles. The molecule has 2 rings (SSSR count). The molecule has 0 bridgehead atoms. The number of amides is 1. The number of hydrogen-bond donors (Lipinski definition) is 1. The fourth-order valence-corrected chi connectivity index (χ4v) is 1.78. The molecule has 1 atom stereocenters. The van der Waals surface area contributed by atoms with Crippen LogP contribution in [-0.2, 0) is 4.79 Å². The molecule has 1 amide bonds. The second-order valence-corrected chi connectivity index (χ2v) is 4.14. The molecule has 0 spiro atoms. The van der Waals surface area contributed by atoms with Crippen LogP contribution >= 0.6 is 0 Å². The molecule has 1 heterocycles. The van der Waals surface area contributed by atoms with Gasteiger partial charge < -0.3 is 9.64 Å². The van der Waals surface area contributed by atoms with E-state index < -0.39 is 6.10 Å². The summed E-state index contributed by atoms with van der Waals surface area (Å²) in [4.78, 5) is 13.3. The molecule has 1 aromatic carbocycles. The molecule has 0 saturated carbocycles. The lowest BCUT2D eigenvalue weighted by molar-refractivity contribution is -0.125. The van der Waals surface area contributed by atoms with Gasteiger partial charge >= 0.3 is 0 Å². The number of nitrogens with zero attached hydrogens (tertiary/aromatic N) is 4. The van der Waals surface area contributed by atoms with Crippen molar-refractivity contribution in [2.75, 3.05) is 17.4 Å². The van der Waals surface area contributed by atoms with E-state index in [0.29, 0.717) is 17.1 Å². The third-order valence-corrected chi connectivity index (χ3v) is 2.81. The van der Waals surface area contributed by atoms with E-state index in [1.807, 2.05) is 0 Å². The summed E-state index contributed by atoms with van der Waals surface area (Å²) in [5, 5.41) is 20.8. The van der Waals surface area contributed by atoms with Crippen molar-refractivity contribution in [2.24, 2.45) is 5.10 Å². The Morgan fingerprint density at radius 3 is 2.80 bits per heavy atom. The van der Waals surface area contributed by atoms with Gasteiger partial charge in [-0.3, -0.25) is 10.2 Å². The standard InChI is InChI=1S/C13H11N5O2/c1-8-13(19)18(2)11-4-3-9(5-12(11)20-8)16-17-10(6-14)7-15/h3-5,8,16H,1-2H3. The molecule has 1 aromatic rings. The fraction of sp³-hybridized carbons (Fsp3) is 0.231. The molecule has 7 nitrogen and oxygen atoms in total. The zero-order valence-electron chi connectivity index (χ0n) is 10.9. The summed E-state index contributed by atoms with van der Waals surface area (Å²) >= 11 is 0. The molecule has 1 N–H and O–H groups in total. The third-order valence-electron chi connectivity index (χ3n) is 2.81. The summed E-state index contributed by atoms with van der Waals surface area (Å²) in [6.07, 6.45) is -0.556. The van der Waals surface area contributed by atoms with Crippen molar-refractivity contribution in [1.82, 2.24) is 0 Å². The maximum absolute atomic E-state index is 11.8. The summed E-state index contributed by atoms with van der Waals surface area (Å²) < 4.78 is 5.50. The minimum atomic E-state index is -0.556. The number of likely N-dealkylation sites (N-methyl/N-ethyl adjacent to an activating group) is 1. The average molecular weight is 269 g/mol. The third kappa shape index (κ3) is 2.38. The van der Waals surface area contributed by atoms with Crippen LogP contribution in [0.4, 0.5) is 11.4 Å². The molecule has 0 fully saturated rings. The molecular weight excluding hydrogens is 258 g/mol. The van der Waals surface area contributed by atoms with Crippen molar-refractivity contribution in [3.8, 4) is 17.9 Å². The van der Waals surface area contributed by atoms with E-state index in [-0.39, 0.29) is 11.6 Å². The van der Waals surface area contributed by atoms with Crippen LogP contribution in [0.2, 0.25) is 0 Å².